The Morgan fingerprint density at radius 3 is 2.80 bits per heavy atom. The third-order valence-corrected chi connectivity index (χ3v) is 4.07. The van der Waals surface area contributed by atoms with Crippen molar-refractivity contribution in [3.63, 3.8) is 0 Å². The molecule has 0 saturated heterocycles. The molecule has 0 aliphatic rings. The minimum Gasteiger partial charge on any atom is -0.497 e. The van der Waals surface area contributed by atoms with E-state index in [2.05, 4.69) is 0 Å². The summed E-state index contributed by atoms with van der Waals surface area (Å²) < 4.78 is 10.8. The Morgan fingerprint density at radius 2 is 2.15 bits per heavy atom. The average molecular weight is 292 g/mol. The van der Waals surface area contributed by atoms with Crippen LogP contribution in [0.3, 0.4) is 0 Å². The summed E-state index contributed by atoms with van der Waals surface area (Å²) in [6.45, 7) is 2.31. The first-order chi connectivity index (χ1) is 9.63. The van der Waals surface area contributed by atoms with Gasteiger partial charge in [0.1, 0.15) is 18.1 Å². The van der Waals surface area contributed by atoms with E-state index in [9.17, 15) is 4.79 Å². The molecule has 0 amide bonds. The molecule has 4 nitrogen and oxygen atoms in total. The van der Waals surface area contributed by atoms with E-state index in [0.29, 0.717) is 12.4 Å². The predicted molar refractivity (Wildman–Crippen MR) is 78.0 cm³/mol. The molecule has 0 fully saturated rings. The number of hydrogen-bond acceptors (Lipinski definition) is 4. The molecule has 20 heavy (non-hydrogen) atoms. The van der Waals surface area contributed by atoms with E-state index in [1.165, 1.54) is 11.3 Å². The van der Waals surface area contributed by atoms with Gasteiger partial charge in [0.15, 0.2) is 4.88 Å². The number of carboxylic acids is 1. The van der Waals surface area contributed by atoms with Crippen molar-refractivity contribution in [2.75, 3.05) is 7.11 Å². The molecule has 1 aromatic carbocycles. The monoisotopic (exact) mass is 292 g/mol. The summed E-state index contributed by atoms with van der Waals surface area (Å²) in [7, 11) is 1.61. The molecule has 0 spiro atoms. The lowest BCUT2D eigenvalue weighted by Crippen LogP contribution is -2.00. The highest BCUT2D eigenvalue weighted by molar-refractivity contribution is 7.14. The number of methoxy groups -OCH3 is 1. The lowest BCUT2D eigenvalue weighted by Gasteiger charge is -2.07. The minimum atomic E-state index is -0.949. The van der Waals surface area contributed by atoms with Crippen molar-refractivity contribution >= 4 is 17.3 Å². The maximum Gasteiger partial charge on any atom is 0.349 e. The number of carboxylic acid groups (broad SMARTS) is 1. The molecule has 0 atom stereocenters. The van der Waals surface area contributed by atoms with Crippen LogP contribution in [0.15, 0.2) is 30.3 Å². The SMILES string of the molecule is CCc1cc(OCc2cccc(OC)c2)c(C(=O)O)s1. The van der Waals surface area contributed by atoms with Gasteiger partial charge in [0.05, 0.1) is 7.11 Å². The molecule has 2 rings (SSSR count). The number of ether oxygens (including phenoxy) is 2. The van der Waals surface area contributed by atoms with Crippen molar-refractivity contribution in [2.45, 2.75) is 20.0 Å². The van der Waals surface area contributed by atoms with Crippen molar-refractivity contribution in [2.24, 2.45) is 0 Å². The molecule has 5 heteroatoms. The zero-order valence-electron chi connectivity index (χ0n) is 11.4. The van der Waals surface area contributed by atoms with Crippen molar-refractivity contribution in [1.29, 1.82) is 0 Å². The molecule has 0 saturated carbocycles. The summed E-state index contributed by atoms with van der Waals surface area (Å²) >= 11 is 1.26. The fraction of sp³-hybridized carbons (Fsp3) is 0.267. The van der Waals surface area contributed by atoms with Gasteiger partial charge >= 0.3 is 5.97 Å². The second-order valence-corrected chi connectivity index (χ2v) is 5.34. The fourth-order valence-corrected chi connectivity index (χ4v) is 2.65. The Morgan fingerprint density at radius 1 is 1.35 bits per heavy atom. The van der Waals surface area contributed by atoms with E-state index in [4.69, 9.17) is 14.6 Å². The average Bonchev–Trinajstić information content (AvgIpc) is 2.89. The number of aryl methyl sites for hydroxylation is 1. The molecule has 0 aliphatic heterocycles. The Hall–Kier alpha value is -2.01. The third kappa shape index (κ3) is 3.30. The second kappa shape index (κ2) is 6.43. The first-order valence-electron chi connectivity index (χ1n) is 6.25. The highest BCUT2D eigenvalue weighted by atomic mass is 32.1. The molecule has 0 unspecified atom stereocenters. The van der Waals surface area contributed by atoms with Gasteiger partial charge in [-0.05, 0) is 30.2 Å². The van der Waals surface area contributed by atoms with Crippen molar-refractivity contribution in [3.8, 4) is 11.5 Å². The summed E-state index contributed by atoms with van der Waals surface area (Å²) in [6, 6.07) is 9.31. The first kappa shape index (κ1) is 14.4. The highest BCUT2D eigenvalue weighted by Crippen LogP contribution is 2.30. The molecule has 1 heterocycles. The molecular formula is C15H16O4S. The van der Waals surface area contributed by atoms with Crippen molar-refractivity contribution < 1.29 is 19.4 Å². The van der Waals surface area contributed by atoms with Crippen LogP contribution in [-0.2, 0) is 13.0 Å². The number of carbonyl (C=O) groups is 1. The molecule has 106 valence electrons. The van der Waals surface area contributed by atoms with Gasteiger partial charge in [0, 0.05) is 4.88 Å². The van der Waals surface area contributed by atoms with Gasteiger partial charge in [-0.1, -0.05) is 19.1 Å². The molecule has 0 aliphatic carbocycles. The number of aromatic carboxylic acids is 1. The van der Waals surface area contributed by atoms with Gasteiger partial charge in [-0.3, -0.25) is 0 Å². The molecule has 0 bridgehead atoms. The van der Waals surface area contributed by atoms with E-state index in [-0.39, 0.29) is 4.88 Å². The summed E-state index contributed by atoms with van der Waals surface area (Å²) in [6.07, 6.45) is 0.799. The van der Waals surface area contributed by atoms with Crippen molar-refractivity contribution in [1.82, 2.24) is 0 Å². The molecule has 0 radical (unpaired) electrons. The van der Waals surface area contributed by atoms with Crippen LogP contribution in [-0.4, -0.2) is 18.2 Å². The van der Waals surface area contributed by atoms with Gasteiger partial charge in [0.25, 0.3) is 0 Å². The van der Waals surface area contributed by atoms with Crippen LogP contribution < -0.4 is 9.47 Å². The van der Waals surface area contributed by atoms with E-state index in [1.807, 2.05) is 31.2 Å². The van der Waals surface area contributed by atoms with Gasteiger partial charge in [-0.25, -0.2) is 4.79 Å². The van der Waals surface area contributed by atoms with E-state index >= 15 is 0 Å². The normalized spacial score (nSPS) is 10.3. The number of rotatable bonds is 6. The van der Waals surface area contributed by atoms with E-state index in [1.54, 1.807) is 13.2 Å². The third-order valence-electron chi connectivity index (χ3n) is 2.82. The summed E-state index contributed by atoms with van der Waals surface area (Å²) in [5.41, 5.74) is 0.935. The van der Waals surface area contributed by atoms with E-state index < -0.39 is 5.97 Å². The van der Waals surface area contributed by atoms with Crippen LogP contribution in [0.25, 0.3) is 0 Å². The lowest BCUT2D eigenvalue weighted by atomic mass is 10.2. The number of thiophene rings is 1. The molecule has 1 aromatic heterocycles. The molecular weight excluding hydrogens is 276 g/mol. The topological polar surface area (TPSA) is 55.8 Å². The number of benzene rings is 1. The van der Waals surface area contributed by atoms with Crippen LogP contribution in [0.2, 0.25) is 0 Å². The zero-order valence-corrected chi connectivity index (χ0v) is 12.2. The first-order valence-corrected chi connectivity index (χ1v) is 7.07. The fourth-order valence-electron chi connectivity index (χ4n) is 1.78. The van der Waals surface area contributed by atoms with Gasteiger partial charge in [0.2, 0.25) is 0 Å². The van der Waals surface area contributed by atoms with Crippen molar-refractivity contribution in [3.05, 3.63) is 45.6 Å². The Kier molecular flexibility index (Phi) is 4.63. The maximum absolute atomic E-state index is 11.2. The summed E-state index contributed by atoms with van der Waals surface area (Å²) in [5.74, 6) is 0.238. The smallest absolute Gasteiger partial charge is 0.349 e. The maximum atomic E-state index is 11.2. The molecule has 1 N–H and O–H groups in total. The quantitative estimate of drug-likeness (QED) is 0.884. The summed E-state index contributed by atoms with van der Waals surface area (Å²) in [5, 5.41) is 9.16. The zero-order chi connectivity index (χ0) is 14.5. The van der Waals surface area contributed by atoms with Gasteiger partial charge < -0.3 is 14.6 Å². The van der Waals surface area contributed by atoms with Crippen LogP contribution in [0, 0.1) is 0 Å². The second-order valence-electron chi connectivity index (χ2n) is 4.20. The van der Waals surface area contributed by atoms with Gasteiger partial charge in [-0.2, -0.15) is 0 Å². The highest BCUT2D eigenvalue weighted by Gasteiger charge is 2.16. The van der Waals surface area contributed by atoms with Crippen LogP contribution in [0.4, 0.5) is 0 Å². The Bertz CT molecular complexity index is 604. The van der Waals surface area contributed by atoms with E-state index in [0.717, 1.165) is 22.6 Å². The largest absolute Gasteiger partial charge is 0.497 e. The standard InChI is InChI=1S/C15H16O4S/c1-3-12-8-13(14(20-12)15(16)17)19-9-10-5-4-6-11(7-10)18-2/h4-8H,3,9H2,1-2H3,(H,16,17). The lowest BCUT2D eigenvalue weighted by molar-refractivity contribution is 0.0697. The Labute approximate surface area is 121 Å². The molecule has 2 aromatic rings. The van der Waals surface area contributed by atoms with Crippen LogP contribution in [0.5, 0.6) is 11.5 Å². The summed E-state index contributed by atoms with van der Waals surface area (Å²) in [4.78, 5) is 12.4. The predicted octanol–water partition coefficient (Wildman–Crippen LogP) is 3.60. The minimum absolute atomic E-state index is 0.254. The van der Waals surface area contributed by atoms with Crippen LogP contribution in [0.1, 0.15) is 27.0 Å². The number of hydrogen-bond donors (Lipinski definition) is 1. The Balaban J connectivity index is 2.13. The van der Waals surface area contributed by atoms with Gasteiger partial charge in [-0.15, -0.1) is 11.3 Å². The van der Waals surface area contributed by atoms with Crippen LogP contribution >= 0.6 is 11.3 Å².